The van der Waals surface area contributed by atoms with Crippen molar-refractivity contribution in [1.29, 1.82) is 0 Å². The van der Waals surface area contributed by atoms with Crippen molar-refractivity contribution in [2.45, 2.75) is 33.4 Å². The SMILES string of the molecule is CCn1nccc1C(C)NC(=O)c1cc(-c2ccc(F)cc2)nc2onc(C)c12. The van der Waals surface area contributed by atoms with Gasteiger partial charge in [0.1, 0.15) is 5.82 Å². The molecule has 0 aliphatic rings. The zero-order valence-corrected chi connectivity index (χ0v) is 16.3. The highest BCUT2D eigenvalue weighted by atomic mass is 19.1. The number of aryl methyl sites for hydroxylation is 2. The van der Waals surface area contributed by atoms with Crippen molar-refractivity contribution in [3.8, 4) is 11.3 Å². The van der Waals surface area contributed by atoms with Gasteiger partial charge in [0, 0.05) is 18.3 Å². The number of aromatic nitrogens is 4. The summed E-state index contributed by atoms with van der Waals surface area (Å²) < 4.78 is 20.4. The van der Waals surface area contributed by atoms with Crippen molar-refractivity contribution < 1.29 is 13.7 Å². The standard InChI is InChI=1S/C21H20FN5O2/c1-4-27-18(9-10-23-27)12(2)24-20(28)16-11-17(14-5-7-15(22)8-6-14)25-21-19(16)13(3)26-29-21/h5-12H,4H2,1-3H3,(H,24,28). The lowest BCUT2D eigenvalue weighted by molar-refractivity contribution is 0.0940. The largest absolute Gasteiger partial charge is 0.344 e. The zero-order valence-electron chi connectivity index (χ0n) is 16.3. The quantitative estimate of drug-likeness (QED) is 0.553. The second kappa shape index (κ2) is 7.46. The van der Waals surface area contributed by atoms with Crippen LogP contribution in [0.5, 0.6) is 0 Å². The molecule has 1 N–H and O–H groups in total. The number of hydrogen-bond acceptors (Lipinski definition) is 5. The van der Waals surface area contributed by atoms with Crippen LogP contribution in [0.4, 0.5) is 4.39 Å². The first-order chi connectivity index (χ1) is 14.0. The van der Waals surface area contributed by atoms with Crippen LogP contribution in [0.25, 0.3) is 22.4 Å². The molecule has 0 saturated carbocycles. The Labute approximate surface area is 166 Å². The molecule has 0 aliphatic heterocycles. The first kappa shape index (κ1) is 18.8. The fourth-order valence-corrected chi connectivity index (χ4v) is 3.37. The summed E-state index contributed by atoms with van der Waals surface area (Å²) in [7, 11) is 0. The van der Waals surface area contributed by atoms with Gasteiger partial charge >= 0.3 is 0 Å². The topological polar surface area (TPSA) is 85.8 Å². The van der Waals surface area contributed by atoms with Crippen LogP contribution >= 0.6 is 0 Å². The van der Waals surface area contributed by atoms with Crippen LogP contribution in [0.1, 0.15) is 41.6 Å². The second-order valence-electron chi connectivity index (χ2n) is 6.78. The van der Waals surface area contributed by atoms with Gasteiger partial charge in [-0.05, 0) is 57.2 Å². The summed E-state index contributed by atoms with van der Waals surface area (Å²) >= 11 is 0. The fraction of sp³-hybridized carbons (Fsp3) is 0.238. The predicted octanol–water partition coefficient (Wildman–Crippen LogP) is 4.04. The third-order valence-corrected chi connectivity index (χ3v) is 4.84. The van der Waals surface area contributed by atoms with E-state index < -0.39 is 0 Å². The third-order valence-electron chi connectivity index (χ3n) is 4.84. The van der Waals surface area contributed by atoms with E-state index >= 15 is 0 Å². The Morgan fingerprint density at radius 2 is 2.03 bits per heavy atom. The van der Waals surface area contributed by atoms with E-state index in [0.717, 1.165) is 5.69 Å². The first-order valence-corrected chi connectivity index (χ1v) is 9.33. The van der Waals surface area contributed by atoms with E-state index in [2.05, 4.69) is 20.6 Å². The molecule has 4 rings (SSSR count). The minimum atomic E-state index is -0.343. The van der Waals surface area contributed by atoms with Crippen molar-refractivity contribution in [3.63, 3.8) is 0 Å². The zero-order chi connectivity index (χ0) is 20.5. The third kappa shape index (κ3) is 3.49. The molecule has 1 aromatic carbocycles. The highest BCUT2D eigenvalue weighted by Gasteiger charge is 2.22. The van der Waals surface area contributed by atoms with E-state index in [4.69, 9.17) is 4.52 Å². The van der Waals surface area contributed by atoms with Crippen LogP contribution in [0.3, 0.4) is 0 Å². The van der Waals surface area contributed by atoms with Gasteiger partial charge in [-0.1, -0.05) is 5.16 Å². The molecule has 0 aliphatic carbocycles. The number of fused-ring (bicyclic) bond motifs is 1. The molecule has 3 aromatic heterocycles. The molecule has 0 bridgehead atoms. The van der Waals surface area contributed by atoms with Gasteiger partial charge in [0.2, 0.25) is 0 Å². The summed E-state index contributed by atoms with van der Waals surface area (Å²) in [6, 6.07) is 9.22. The number of nitrogens with one attached hydrogen (secondary N) is 1. The summed E-state index contributed by atoms with van der Waals surface area (Å²) in [5, 5.41) is 11.8. The monoisotopic (exact) mass is 393 g/mol. The van der Waals surface area contributed by atoms with Crippen LogP contribution in [0.15, 0.2) is 47.1 Å². The Balaban J connectivity index is 1.74. The molecular weight excluding hydrogens is 373 g/mol. The van der Waals surface area contributed by atoms with E-state index in [1.54, 1.807) is 31.3 Å². The van der Waals surface area contributed by atoms with E-state index in [1.165, 1.54) is 12.1 Å². The van der Waals surface area contributed by atoms with Gasteiger partial charge in [-0.2, -0.15) is 5.10 Å². The van der Waals surface area contributed by atoms with Gasteiger partial charge in [0.15, 0.2) is 0 Å². The smallest absolute Gasteiger partial charge is 0.259 e. The molecule has 0 radical (unpaired) electrons. The maximum Gasteiger partial charge on any atom is 0.259 e. The van der Waals surface area contributed by atoms with E-state index in [1.807, 2.05) is 24.6 Å². The maximum atomic E-state index is 13.3. The summed E-state index contributed by atoms with van der Waals surface area (Å²) in [6.07, 6.45) is 1.71. The normalized spacial score (nSPS) is 12.3. The average molecular weight is 393 g/mol. The van der Waals surface area contributed by atoms with Crippen molar-refractivity contribution in [2.24, 2.45) is 0 Å². The minimum absolute atomic E-state index is 0.248. The molecule has 1 amide bonds. The molecular formula is C21H20FN5O2. The van der Waals surface area contributed by atoms with Crippen molar-refractivity contribution >= 4 is 17.0 Å². The lowest BCUT2D eigenvalue weighted by Crippen LogP contribution is -2.28. The Morgan fingerprint density at radius 1 is 1.28 bits per heavy atom. The fourth-order valence-electron chi connectivity index (χ4n) is 3.37. The number of nitrogens with zero attached hydrogens (tertiary/aromatic N) is 4. The average Bonchev–Trinajstić information content (AvgIpc) is 3.34. The van der Waals surface area contributed by atoms with Crippen LogP contribution in [-0.4, -0.2) is 25.8 Å². The van der Waals surface area contributed by atoms with Crippen molar-refractivity contribution in [3.05, 3.63) is 65.4 Å². The molecule has 1 unspecified atom stereocenters. The van der Waals surface area contributed by atoms with Gasteiger partial charge in [-0.15, -0.1) is 0 Å². The molecule has 7 nitrogen and oxygen atoms in total. The van der Waals surface area contributed by atoms with Crippen LogP contribution < -0.4 is 5.32 Å². The molecule has 1 atom stereocenters. The van der Waals surface area contributed by atoms with Crippen molar-refractivity contribution in [2.75, 3.05) is 0 Å². The van der Waals surface area contributed by atoms with Crippen molar-refractivity contribution in [1.82, 2.24) is 25.2 Å². The number of halogens is 1. The predicted molar refractivity (Wildman–Crippen MR) is 106 cm³/mol. The van der Waals surface area contributed by atoms with Gasteiger partial charge in [-0.25, -0.2) is 9.37 Å². The summed E-state index contributed by atoms with van der Waals surface area (Å²) in [5.74, 6) is -0.618. The molecule has 29 heavy (non-hydrogen) atoms. The molecule has 3 heterocycles. The van der Waals surface area contributed by atoms with Gasteiger partial charge in [0.25, 0.3) is 11.6 Å². The van der Waals surface area contributed by atoms with E-state index in [9.17, 15) is 9.18 Å². The van der Waals surface area contributed by atoms with Crippen LogP contribution in [-0.2, 0) is 6.54 Å². The van der Waals surface area contributed by atoms with Gasteiger partial charge < -0.3 is 9.84 Å². The summed E-state index contributed by atoms with van der Waals surface area (Å²) in [6.45, 7) is 6.37. The lowest BCUT2D eigenvalue weighted by Gasteiger charge is -2.16. The van der Waals surface area contributed by atoms with Crippen LogP contribution in [0, 0.1) is 12.7 Å². The number of pyridine rings is 1. The Kier molecular flexibility index (Phi) is 4.84. The Hall–Kier alpha value is -3.55. The Morgan fingerprint density at radius 3 is 2.76 bits per heavy atom. The minimum Gasteiger partial charge on any atom is -0.344 e. The molecule has 0 saturated heterocycles. The molecule has 0 fully saturated rings. The Bertz CT molecular complexity index is 1180. The highest BCUT2D eigenvalue weighted by Crippen LogP contribution is 2.27. The van der Waals surface area contributed by atoms with E-state index in [-0.39, 0.29) is 23.5 Å². The molecule has 8 heteroatoms. The summed E-state index contributed by atoms with van der Waals surface area (Å²) in [4.78, 5) is 17.6. The molecule has 148 valence electrons. The number of carbonyl (C=O) groups is 1. The van der Waals surface area contributed by atoms with E-state index in [0.29, 0.717) is 34.4 Å². The number of hydrogen-bond donors (Lipinski definition) is 1. The number of carbonyl (C=O) groups excluding carboxylic acids is 1. The maximum absolute atomic E-state index is 13.3. The van der Waals surface area contributed by atoms with Gasteiger partial charge in [0.05, 0.1) is 34.1 Å². The van der Waals surface area contributed by atoms with Gasteiger partial charge in [-0.3, -0.25) is 9.48 Å². The van der Waals surface area contributed by atoms with Crippen LogP contribution in [0.2, 0.25) is 0 Å². The number of benzene rings is 1. The lowest BCUT2D eigenvalue weighted by atomic mass is 10.0. The second-order valence-corrected chi connectivity index (χ2v) is 6.78. The molecule has 0 spiro atoms. The molecule has 4 aromatic rings. The highest BCUT2D eigenvalue weighted by molar-refractivity contribution is 6.07. The number of amides is 1. The number of rotatable bonds is 5. The summed E-state index contributed by atoms with van der Waals surface area (Å²) in [5.41, 5.74) is 3.34. The first-order valence-electron chi connectivity index (χ1n) is 9.33.